The van der Waals surface area contributed by atoms with Gasteiger partial charge in [0.05, 0.1) is 34.3 Å². The maximum absolute atomic E-state index is 16.5. The van der Waals surface area contributed by atoms with E-state index in [1.165, 1.54) is 22.3 Å². The summed E-state index contributed by atoms with van der Waals surface area (Å²) < 4.78 is 23.1. The van der Waals surface area contributed by atoms with Crippen LogP contribution in [0.5, 0.6) is 0 Å². The van der Waals surface area contributed by atoms with Crippen LogP contribution in [-0.2, 0) is 16.5 Å². The number of rotatable bonds is 5. The second-order valence-corrected chi connectivity index (χ2v) is 16.7. The third-order valence-electron chi connectivity index (χ3n) is 11.0. The summed E-state index contributed by atoms with van der Waals surface area (Å²) in [4.78, 5) is 0. The lowest BCUT2D eigenvalue weighted by Gasteiger charge is -2.33. The Morgan fingerprint density at radius 3 is 1.88 bits per heavy atom. The smallest absolute Gasteiger partial charge is 0.297 e. The van der Waals surface area contributed by atoms with Crippen LogP contribution in [0.3, 0.4) is 0 Å². The van der Waals surface area contributed by atoms with Gasteiger partial charge >= 0.3 is 0 Å². The summed E-state index contributed by atoms with van der Waals surface area (Å²) in [6.45, 7) is 5.18. The molecule has 2 heterocycles. The molecule has 0 amide bonds. The van der Waals surface area contributed by atoms with Crippen LogP contribution in [0.1, 0.15) is 30.5 Å². The summed E-state index contributed by atoms with van der Waals surface area (Å²) in [5.41, 5.74) is 12.4. The maximum Gasteiger partial charge on any atom is 0.297 e. The predicted molar refractivity (Wildman–Crippen MR) is 213 cm³/mol. The Hall–Kier alpha value is -5.83. The van der Waals surface area contributed by atoms with Crippen molar-refractivity contribution in [3.05, 3.63) is 187 Å². The minimum Gasteiger partial charge on any atom is -0.309 e. The molecule has 1 aliphatic carbocycles. The number of aromatic nitrogens is 1. The van der Waals surface area contributed by atoms with Crippen LogP contribution in [0, 0.1) is 0 Å². The standard InChI is InChI=1S/C46H36N3OP/c1-46(2)40-23-13-12-22-36(40)37-29-39-38-28-35(26-27-42(38)48(45(39)30-41(37)46)33-18-8-4-9-19-33)51(50)47(31-32-16-6-3-7-17-32)43-24-14-15-25-44(43)49(51)34-20-10-5-11-21-34/h3-30H,31H2,1-2H3. The average Bonchev–Trinajstić information content (AvgIpc) is 3.72. The number of hydrogen-bond acceptors (Lipinski definition) is 1. The van der Waals surface area contributed by atoms with E-state index in [4.69, 9.17) is 0 Å². The fourth-order valence-electron chi connectivity index (χ4n) is 8.56. The first-order chi connectivity index (χ1) is 24.9. The molecule has 2 aliphatic rings. The Balaban J connectivity index is 1.27. The number of hydrogen-bond donors (Lipinski definition) is 0. The molecular weight excluding hydrogens is 642 g/mol. The van der Waals surface area contributed by atoms with Gasteiger partial charge in [-0.15, -0.1) is 0 Å². The van der Waals surface area contributed by atoms with Crippen molar-refractivity contribution in [1.29, 1.82) is 0 Å². The summed E-state index contributed by atoms with van der Waals surface area (Å²) in [6, 6.07) is 59.6. The highest BCUT2D eigenvalue weighted by Crippen LogP contribution is 2.68. The highest BCUT2D eigenvalue weighted by Gasteiger charge is 2.48. The van der Waals surface area contributed by atoms with Crippen LogP contribution in [-0.4, -0.2) is 4.57 Å². The molecule has 0 bridgehead atoms. The van der Waals surface area contributed by atoms with Gasteiger partial charge in [0.2, 0.25) is 0 Å². The van der Waals surface area contributed by atoms with E-state index in [0.717, 1.165) is 55.4 Å². The van der Waals surface area contributed by atoms with Gasteiger partial charge in [-0.1, -0.05) is 117 Å². The topological polar surface area (TPSA) is 28.5 Å². The molecule has 7 aromatic carbocycles. The van der Waals surface area contributed by atoms with Gasteiger partial charge in [0.25, 0.3) is 7.44 Å². The lowest BCUT2D eigenvalue weighted by atomic mass is 9.82. The molecule has 5 heteroatoms. The average molecular weight is 678 g/mol. The molecule has 51 heavy (non-hydrogen) atoms. The largest absolute Gasteiger partial charge is 0.309 e. The molecule has 1 atom stereocenters. The van der Waals surface area contributed by atoms with Crippen molar-refractivity contribution in [3.8, 4) is 16.8 Å². The van der Waals surface area contributed by atoms with Crippen LogP contribution in [0.15, 0.2) is 170 Å². The zero-order valence-corrected chi connectivity index (χ0v) is 29.5. The predicted octanol–water partition coefficient (Wildman–Crippen LogP) is 11.8. The summed E-state index contributed by atoms with van der Waals surface area (Å²) in [6.07, 6.45) is 0. The zero-order chi connectivity index (χ0) is 34.3. The summed E-state index contributed by atoms with van der Waals surface area (Å²) >= 11 is 0. The van der Waals surface area contributed by atoms with Gasteiger partial charge in [-0.25, -0.2) is 0 Å². The van der Waals surface area contributed by atoms with Gasteiger partial charge in [0, 0.05) is 27.6 Å². The number of benzene rings is 7. The molecule has 0 spiro atoms. The Bertz CT molecular complexity index is 2680. The van der Waals surface area contributed by atoms with Crippen molar-refractivity contribution >= 4 is 51.6 Å². The van der Waals surface area contributed by atoms with Gasteiger partial charge in [-0.2, -0.15) is 0 Å². The number of para-hydroxylation sites is 4. The number of anilines is 3. The molecule has 0 fully saturated rings. The highest BCUT2D eigenvalue weighted by atomic mass is 31.2. The molecule has 0 N–H and O–H groups in total. The molecule has 1 aromatic heterocycles. The summed E-state index contributed by atoms with van der Waals surface area (Å²) in [7, 11) is -3.49. The monoisotopic (exact) mass is 677 g/mol. The van der Waals surface area contributed by atoms with Crippen LogP contribution >= 0.6 is 7.44 Å². The van der Waals surface area contributed by atoms with E-state index < -0.39 is 7.44 Å². The van der Waals surface area contributed by atoms with E-state index in [1.54, 1.807) is 0 Å². The third kappa shape index (κ3) is 4.30. The first-order valence-corrected chi connectivity index (χ1v) is 19.2. The molecule has 1 aliphatic heterocycles. The molecule has 0 saturated heterocycles. The van der Waals surface area contributed by atoms with E-state index >= 15 is 4.57 Å². The van der Waals surface area contributed by atoms with E-state index in [1.807, 2.05) is 36.4 Å². The van der Waals surface area contributed by atoms with E-state index in [-0.39, 0.29) is 5.41 Å². The van der Waals surface area contributed by atoms with Crippen LogP contribution in [0.25, 0.3) is 38.6 Å². The Kier molecular flexibility index (Phi) is 6.53. The second kappa shape index (κ2) is 11.1. The van der Waals surface area contributed by atoms with Crippen LogP contribution in [0.2, 0.25) is 0 Å². The lowest BCUT2D eigenvalue weighted by Crippen LogP contribution is -2.29. The summed E-state index contributed by atoms with van der Waals surface area (Å²) in [5.74, 6) is 0. The first-order valence-electron chi connectivity index (χ1n) is 17.6. The number of fused-ring (bicyclic) bond motifs is 7. The minimum absolute atomic E-state index is 0.127. The van der Waals surface area contributed by atoms with E-state index in [2.05, 4.69) is 161 Å². The third-order valence-corrected chi connectivity index (χ3v) is 13.9. The molecule has 10 rings (SSSR count). The number of nitrogens with zero attached hydrogens (tertiary/aromatic N) is 3. The molecule has 0 radical (unpaired) electrons. The van der Waals surface area contributed by atoms with Crippen molar-refractivity contribution in [2.45, 2.75) is 25.8 Å². The lowest BCUT2D eigenvalue weighted by molar-refractivity contribution is 0.579. The molecule has 246 valence electrons. The molecule has 4 nitrogen and oxygen atoms in total. The second-order valence-electron chi connectivity index (χ2n) is 14.2. The Morgan fingerprint density at radius 1 is 0.529 bits per heavy atom. The van der Waals surface area contributed by atoms with Gasteiger partial charge in [0.15, 0.2) is 0 Å². The SMILES string of the molecule is CC1(C)c2ccccc2-c2cc3c4cc(P5(=O)N(Cc6ccccc6)c6ccccc6N5c5ccccc5)ccc4n(-c4ccccc4)c3cc21. The normalized spacial score (nSPS) is 17.1. The molecular formula is C46H36N3OP. The summed E-state index contributed by atoms with van der Waals surface area (Å²) in [5, 5.41) is 3.06. The van der Waals surface area contributed by atoms with E-state index in [9.17, 15) is 0 Å². The van der Waals surface area contributed by atoms with Gasteiger partial charge < -0.3 is 4.57 Å². The fourth-order valence-corrected chi connectivity index (χ4v) is 11.6. The quantitative estimate of drug-likeness (QED) is 0.170. The fraction of sp³-hybridized carbons (Fsp3) is 0.0870. The first kappa shape index (κ1) is 30.0. The van der Waals surface area contributed by atoms with Crippen molar-refractivity contribution in [2.75, 3.05) is 9.34 Å². The van der Waals surface area contributed by atoms with Crippen molar-refractivity contribution in [2.24, 2.45) is 0 Å². The molecule has 0 saturated carbocycles. The highest BCUT2D eigenvalue weighted by molar-refractivity contribution is 7.75. The van der Waals surface area contributed by atoms with Crippen molar-refractivity contribution in [3.63, 3.8) is 0 Å². The van der Waals surface area contributed by atoms with Crippen LogP contribution in [0.4, 0.5) is 17.1 Å². The Morgan fingerprint density at radius 2 is 1.14 bits per heavy atom. The maximum atomic E-state index is 16.5. The minimum atomic E-state index is -3.49. The zero-order valence-electron chi connectivity index (χ0n) is 28.6. The van der Waals surface area contributed by atoms with Crippen molar-refractivity contribution in [1.82, 2.24) is 4.57 Å². The van der Waals surface area contributed by atoms with E-state index in [0.29, 0.717) is 6.54 Å². The van der Waals surface area contributed by atoms with Crippen molar-refractivity contribution < 1.29 is 4.57 Å². The van der Waals surface area contributed by atoms with Gasteiger partial charge in [-0.3, -0.25) is 13.9 Å². The van der Waals surface area contributed by atoms with Gasteiger partial charge in [-0.05, 0) is 94.5 Å². The Labute approximate surface area is 298 Å². The van der Waals surface area contributed by atoms with Gasteiger partial charge in [0.1, 0.15) is 0 Å². The van der Waals surface area contributed by atoms with Crippen LogP contribution < -0.4 is 14.6 Å². The molecule has 8 aromatic rings. The molecule has 1 unspecified atom stereocenters.